The number of piperidine rings is 1. The molecule has 1 aromatic rings. The van der Waals surface area contributed by atoms with Gasteiger partial charge in [0.05, 0.1) is 0 Å². The molecule has 1 fully saturated rings. The SMILES string of the molecule is CCN(C)C(C(=O)N1CCC(N)CC1)c1ccccc1. The lowest BCUT2D eigenvalue weighted by Gasteiger charge is -2.35. The number of benzene rings is 1. The fourth-order valence-electron chi connectivity index (χ4n) is 2.70. The average Bonchev–Trinajstić information content (AvgIpc) is 2.49. The summed E-state index contributed by atoms with van der Waals surface area (Å²) >= 11 is 0. The zero-order chi connectivity index (χ0) is 14.5. The van der Waals surface area contributed by atoms with Crippen LogP contribution < -0.4 is 5.73 Å². The number of nitrogens with two attached hydrogens (primary N) is 1. The van der Waals surface area contributed by atoms with Crippen LogP contribution in [0, 0.1) is 0 Å². The van der Waals surface area contributed by atoms with Crippen molar-refractivity contribution in [3.8, 4) is 0 Å². The van der Waals surface area contributed by atoms with Crippen LogP contribution in [0.3, 0.4) is 0 Å². The molecule has 0 spiro atoms. The lowest BCUT2D eigenvalue weighted by Crippen LogP contribution is -2.47. The number of amides is 1. The molecule has 1 unspecified atom stereocenters. The van der Waals surface area contributed by atoms with Crippen LogP contribution in [0.5, 0.6) is 0 Å². The van der Waals surface area contributed by atoms with Crippen molar-refractivity contribution in [2.45, 2.75) is 31.8 Å². The first kappa shape index (κ1) is 15.0. The zero-order valence-corrected chi connectivity index (χ0v) is 12.5. The first-order valence-electron chi connectivity index (χ1n) is 7.43. The molecule has 4 nitrogen and oxygen atoms in total. The van der Waals surface area contributed by atoms with Gasteiger partial charge in [0.1, 0.15) is 6.04 Å². The molecule has 1 aliphatic heterocycles. The Morgan fingerprint density at radius 1 is 1.35 bits per heavy atom. The maximum absolute atomic E-state index is 12.8. The summed E-state index contributed by atoms with van der Waals surface area (Å²) in [4.78, 5) is 16.9. The maximum atomic E-state index is 12.8. The van der Waals surface area contributed by atoms with Crippen LogP contribution in [0.25, 0.3) is 0 Å². The maximum Gasteiger partial charge on any atom is 0.244 e. The summed E-state index contributed by atoms with van der Waals surface area (Å²) < 4.78 is 0. The smallest absolute Gasteiger partial charge is 0.244 e. The number of carbonyl (C=O) groups is 1. The number of nitrogens with zero attached hydrogens (tertiary/aromatic N) is 2. The number of hydrogen-bond donors (Lipinski definition) is 1. The van der Waals surface area contributed by atoms with Crippen LogP contribution in [0.2, 0.25) is 0 Å². The number of rotatable bonds is 4. The number of hydrogen-bond acceptors (Lipinski definition) is 3. The van der Waals surface area contributed by atoms with Crippen LogP contribution in [-0.4, -0.2) is 48.4 Å². The summed E-state index contributed by atoms with van der Waals surface area (Å²) in [5.41, 5.74) is 6.99. The predicted molar refractivity (Wildman–Crippen MR) is 81.3 cm³/mol. The van der Waals surface area contributed by atoms with Crippen molar-refractivity contribution in [2.24, 2.45) is 5.73 Å². The van der Waals surface area contributed by atoms with Crippen molar-refractivity contribution in [1.29, 1.82) is 0 Å². The van der Waals surface area contributed by atoms with Gasteiger partial charge < -0.3 is 10.6 Å². The highest BCUT2D eigenvalue weighted by atomic mass is 16.2. The summed E-state index contributed by atoms with van der Waals surface area (Å²) in [6, 6.07) is 10.1. The molecule has 1 amide bonds. The monoisotopic (exact) mass is 275 g/mol. The molecule has 0 radical (unpaired) electrons. The minimum Gasteiger partial charge on any atom is -0.341 e. The van der Waals surface area contributed by atoms with Crippen molar-refractivity contribution in [3.05, 3.63) is 35.9 Å². The molecule has 1 saturated heterocycles. The molecular weight excluding hydrogens is 250 g/mol. The second-order valence-electron chi connectivity index (χ2n) is 5.55. The number of likely N-dealkylation sites (tertiary alicyclic amines) is 1. The molecule has 2 rings (SSSR count). The molecular formula is C16H25N3O. The van der Waals surface area contributed by atoms with E-state index in [0.29, 0.717) is 0 Å². The van der Waals surface area contributed by atoms with E-state index in [1.54, 1.807) is 0 Å². The number of carbonyl (C=O) groups excluding carboxylic acids is 1. The summed E-state index contributed by atoms with van der Waals surface area (Å²) in [5.74, 6) is 0.201. The standard InChI is InChI=1S/C16H25N3O/c1-3-18(2)15(13-7-5-4-6-8-13)16(20)19-11-9-14(17)10-12-19/h4-8,14-15H,3,9-12,17H2,1-2H3. The van der Waals surface area contributed by atoms with E-state index in [1.807, 2.05) is 42.3 Å². The van der Waals surface area contributed by atoms with Gasteiger partial charge in [0, 0.05) is 19.1 Å². The van der Waals surface area contributed by atoms with Gasteiger partial charge in [0.25, 0.3) is 0 Å². The third-order valence-corrected chi connectivity index (χ3v) is 4.14. The third kappa shape index (κ3) is 3.38. The molecule has 0 bridgehead atoms. The Morgan fingerprint density at radius 3 is 2.50 bits per heavy atom. The fourth-order valence-corrected chi connectivity index (χ4v) is 2.70. The lowest BCUT2D eigenvalue weighted by atomic mass is 10.0. The Hall–Kier alpha value is -1.39. The molecule has 1 aromatic carbocycles. The molecule has 2 N–H and O–H groups in total. The zero-order valence-electron chi connectivity index (χ0n) is 12.5. The summed E-state index contributed by atoms with van der Waals surface area (Å²) in [5, 5.41) is 0. The topological polar surface area (TPSA) is 49.6 Å². The van der Waals surface area contributed by atoms with E-state index in [2.05, 4.69) is 11.8 Å². The van der Waals surface area contributed by atoms with Crippen LogP contribution in [-0.2, 0) is 4.79 Å². The summed E-state index contributed by atoms with van der Waals surface area (Å²) in [7, 11) is 2.01. The van der Waals surface area contributed by atoms with Crippen molar-refractivity contribution >= 4 is 5.91 Å². The minimum atomic E-state index is -0.185. The van der Waals surface area contributed by atoms with E-state index in [0.717, 1.165) is 38.0 Å². The van der Waals surface area contributed by atoms with E-state index in [9.17, 15) is 4.79 Å². The highest BCUT2D eigenvalue weighted by Gasteiger charge is 2.30. The van der Waals surface area contributed by atoms with E-state index in [4.69, 9.17) is 5.73 Å². The van der Waals surface area contributed by atoms with E-state index < -0.39 is 0 Å². The minimum absolute atomic E-state index is 0.185. The first-order valence-corrected chi connectivity index (χ1v) is 7.43. The second kappa shape index (κ2) is 6.86. The van der Waals surface area contributed by atoms with E-state index >= 15 is 0 Å². The largest absolute Gasteiger partial charge is 0.341 e. The van der Waals surface area contributed by atoms with Crippen molar-refractivity contribution in [2.75, 3.05) is 26.7 Å². The fraction of sp³-hybridized carbons (Fsp3) is 0.562. The third-order valence-electron chi connectivity index (χ3n) is 4.14. The van der Waals surface area contributed by atoms with Gasteiger partial charge in [-0.05, 0) is 32.0 Å². The van der Waals surface area contributed by atoms with Gasteiger partial charge in [0.2, 0.25) is 5.91 Å². The quantitative estimate of drug-likeness (QED) is 0.908. The highest BCUT2D eigenvalue weighted by Crippen LogP contribution is 2.23. The number of likely N-dealkylation sites (N-methyl/N-ethyl adjacent to an activating group) is 1. The highest BCUT2D eigenvalue weighted by molar-refractivity contribution is 5.83. The van der Waals surface area contributed by atoms with Gasteiger partial charge in [-0.2, -0.15) is 0 Å². The normalized spacial score (nSPS) is 18.3. The molecule has 0 saturated carbocycles. The van der Waals surface area contributed by atoms with Gasteiger partial charge in [-0.15, -0.1) is 0 Å². The van der Waals surface area contributed by atoms with Gasteiger partial charge >= 0.3 is 0 Å². The van der Waals surface area contributed by atoms with Gasteiger partial charge in [0.15, 0.2) is 0 Å². The molecule has 4 heteroatoms. The summed E-state index contributed by atoms with van der Waals surface area (Å²) in [6.45, 7) is 4.48. The van der Waals surface area contributed by atoms with Crippen LogP contribution in [0.15, 0.2) is 30.3 Å². The molecule has 1 atom stereocenters. The molecule has 20 heavy (non-hydrogen) atoms. The van der Waals surface area contributed by atoms with Gasteiger partial charge in [-0.3, -0.25) is 9.69 Å². The van der Waals surface area contributed by atoms with Crippen LogP contribution >= 0.6 is 0 Å². The first-order chi connectivity index (χ1) is 9.63. The predicted octanol–water partition coefficient (Wildman–Crippen LogP) is 1.63. The molecule has 110 valence electrons. The van der Waals surface area contributed by atoms with E-state index in [-0.39, 0.29) is 18.0 Å². The van der Waals surface area contributed by atoms with E-state index in [1.165, 1.54) is 0 Å². The summed E-state index contributed by atoms with van der Waals surface area (Å²) in [6.07, 6.45) is 1.81. The second-order valence-corrected chi connectivity index (χ2v) is 5.55. The average molecular weight is 275 g/mol. The van der Waals surface area contributed by atoms with Crippen LogP contribution in [0.4, 0.5) is 0 Å². The van der Waals surface area contributed by atoms with Crippen molar-refractivity contribution < 1.29 is 4.79 Å². The van der Waals surface area contributed by atoms with Gasteiger partial charge in [-0.1, -0.05) is 37.3 Å². The molecule has 0 aliphatic carbocycles. The molecule has 1 heterocycles. The van der Waals surface area contributed by atoms with Crippen LogP contribution in [0.1, 0.15) is 31.4 Å². The van der Waals surface area contributed by atoms with Gasteiger partial charge in [-0.25, -0.2) is 0 Å². The molecule has 1 aliphatic rings. The lowest BCUT2D eigenvalue weighted by molar-refractivity contribution is -0.137. The Bertz CT molecular complexity index is 427. The molecule has 0 aromatic heterocycles. The Morgan fingerprint density at radius 2 is 1.95 bits per heavy atom. The Kier molecular flexibility index (Phi) is 5.15. The Labute approximate surface area is 121 Å². The van der Waals surface area contributed by atoms with Crippen molar-refractivity contribution in [1.82, 2.24) is 9.80 Å². The van der Waals surface area contributed by atoms with Crippen molar-refractivity contribution in [3.63, 3.8) is 0 Å². The Balaban J connectivity index is 2.17.